The number of aliphatic carboxylic acids is 1. The Balaban J connectivity index is 2.49. The Morgan fingerprint density at radius 1 is 1.38 bits per heavy atom. The van der Waals surface area contributed by atoms with E-state index in [0.29, 0.717) is 24.3 Å². The first-order valence-corrected chi connectivity index (χ1v) is 6.86. The van der Waals surface area contributed by atoms with Crippen molar-refractivity contribution in [2.75, 3.05) is 12.4 Å². The summed E-state index contributed by atoms with van der Waals surface area (Å²) in [6, 6.07) is 5.09. The number of hydrogen-bond acceptors (Lipinski definition) is 3. The van der Waals surface area contributed by atoms with Crippen molar-refractivity contribution in [2.24, 2.45) is 0 Å². The molecule has 0 saturated carbocycles. The SMILES string of the molecule is COc1ccc(C)cc1NC(=O)NC(C)CCCC(=O)O. The number of carbonyl (C=O) groups excluding carboxylic acids is 1. The highest BCUT2D eigenvalue weighted by molar-refractivity contribution is 5.91. The van der Waals surface area contributed by atoms with Gasteiger partial charge in [-0.15, -0.1) is 0 Å². The number of benzene rings is 1. The summed E-state index contributed by atoms with van der Waals surface area (Å²) in [6.07, 6.45) is 1.26. The summed E-state index contributed by atoms with van der Waals surface area (Å²) in [5.41, 5.74) is 1.62. The first kappa shape index (κ1) is 16.8. The predicted molar refractivity (Wildman–Crippen MR) is 80.8 cm³/mol. The van der Waals surface area contributed by atoms with Gasteiger partial charge in [0.15, 0.2) is 0 Å². The first-order valence-electron chi connectivity index (χ1n) is 6.86. The fourth-order valence-electron chi connectivity index (χ4n) is 1.93. The number of methoxy groups -OCH3 is 1. The number of carboxylic acid groups (broad SMARTS) is 1. The van der Waals surface area contributed by atoms with Crippen molar-refractivity contribution in [2.45, 2.75) is 39.2 Å². The summed E-state index contributed by atoms with van der Waals surface area (Å²) < 4.78 is 5.19. The van der Waals surface area contributed by atoms with Gasteiger partial charge in [0.2, 0.25) is 0 Å². The molecule has 0 bridgehead atoms. The van der Waals surface area contributed by atoms with Gasteiger partial charge in [-0.25, -0.2) is 4.79 Å². The number of nitrogens with one attached hydrogen (secondary N) is 2. The van der Waals surface area contributed by atoms with Crippen LogP contribution in [0.5, 0.6) is 5.75 Å². The van der Waals surface area contributed by atoms with Gasteiger partial charge in [-0.05, 0) is 44.4 Å². The zero-order valence-corrected chi connectivity index (χ0v) is 12.6. The molecule has 1 unspecified atom stereocenters. The molecule has 1 atom stereocenters. The van der Waals surface area contributed by atoms with E-state index >= 15 is 0 Å². The molecule has 116 valence electrons. The van der Waals surface area contributed by atoms with Crippen LogP contribution >= 0.6 is 0 Å². The molecule has 0 aliphatic carbocycles. The van der Waals surface area contributed by atoms with Crippen LogP contribution in [-0.2, 0) is 4.79 Å². The van der Waals surface area contributed by atoms with Gasteiger partial charge in [-0.1, -0.05) is 6.07 Å². The zero-order chi connectivity index (χ0) is 15.8. The monoisotopic (exact) mass is 294 g/mol. The fourth-order valence-corrected chi connectivity index (χ4v) is 1.93. The second-order valence-corrected chi connectivity index (χ2v) is 4.99. The molecule has 21 heavy (non-hydrogen) atoms. The van der Waals surface area contributed by atoms with Crippen molar-refractivity contribution >= 4 is 17.7 Å². The van der Waals surface area contributed by atoms with Crippen LogP contribution in [0.4, 0.5) is 10.5 Å². The lowest BCUT2D eigenvalue weighted by Crippen LogP contribution is -2.36. The van der Waals surface area contributed by atoms with Gasteiger partial charge in [0.05, 0.1) is 12.8 Å². The number of carboxylic acids is 1. The summed E-state index contributed by atoms with van der Waals surface area (Å²) in [7, 11) is 1.54. The van der Waals surface area contributed by atoms with Gasteiger partial charge >= 0.3 is 12.0 Å². The Bertz CT molecular complexity index is 502. The van der Waals surface area contributed by atoms with E-state index in [9.17, 15) is 9.59 Å². The van der Waals surface area contributed by atoms with E-state index in [2.05, 4.69) is 10.6 Å². The molecule has 6 nitrogen and oxygen atoms in total. The second kappa shape index (κ2) is 8.14. The van der Waals surface area contributed by atoms with Crippen molar-refractivity contribution in [3.8, 4) is 5.75 Å². The Labute approximate surface area is 124 Å². The van der Waals surface area contributed by atoms with E-state index in [1.807, 2.05) is 26.0 Å². The molecule has 0 aliphatic heterocycles. The van der Waals surface area contributed by atoms with E-state index in [4.69, 9.17) is 9.84 Å². The van der Waals surface area contributed by atoms with Gasteiger partial charge in [0.1, 0.15) is 5.75 Å². The minimum Gasteiger partial charge on any atom is -0.495 e. The van der Waals surface area contributed by atoms with Gasteiger partial charge in [-0.2, -0.15) is 0 Å². The number of rotatable bonds is 7. The fraction of sp³-hybridized carbons (Fsp3) is 0.467. The summed E-state index contributed by atoms with van der Waals surface area (Å²) >= 11 is 0. The summed E-state index contributed by atoms with van der Waals surface area (Å²) in [6.45, 7) is 3.77. The summed E-state index contributed by atoms with van der Waals surface area (Å²) in [5, 5.41) is 14.1. The van der Waals surface area contributed by atoms with Gasteiger partial charge in [-0.3, -0.25) is 4.79 Å². The molecule has 1 rings (SSSR count). The van der Waals surface area contributed by atoms with Crippen molar-refractivity contribution in [1.29, 1.82) is 0 Å². The van der Waals surface area contributed by atoms with Crippen LogP contribution < -0.4 is 15.4 Å². The number of aryl methyl sites for hydroxylation is 1. The van der Waals surface area contributed by atoms with Crippen molar-refractivity contribution in [3.63, 3.8) is 0 Å². The number of hydrogen-bond donors (Lipinski definition) is 3. The zero-order valence-electron chi connectivity index (χ0n) is 12.6. The number of carbonyl (C=O) groups is 2. The second-order valence-electron chi connectivity index (χ2n) is 4.99. The van der Waals surface area contributed by atoms with E-state index in [1.165, 1.54) is 0 Å². The maximum Gasteiger partial charge on any atom is 0.319 e. The molecule has 0 radical (unpaired) electrons. The van der Waals surface area contributed by atoms with Crippen LogP contribution in [-0.4, -0.2) is 30.3 Å². The van der Waals surface area contributed by atoms with E-state index in [-0.39, 0.29) is 18.5 Å². The lowest BCUT2D eigenvalue weighted by Gasteiger charge is -2.16. The smallest absolute Gasteiger partial charge is 0.319 e. The normalized spacial score (nSPS) is 11.6. The highest BCUT2D eigenvalue weighted by Crippen LogP contribution is 2.24. The first-order chi connectivity index (χ1) is 9.92. The highest BCUT2D eigenvalue weighted by Gasteiger charge is 2.11. The molecule has 1 aromatic rings. The Kier molecular flexibility index (Phi) is 6.52. The molecule has 0 saturated heterocycles. The third-order valence-electron chi connectivity index (χ3n) is 3.01. The molecule has 0 fully saturated rings. The van der Waals surface area contributed by atoms with Gasteiger partial charge in [0, 0.05) is 12.5 Å². The van der Waals surface area contributed by atoms with Crippen LogP contribution in [0, 0.1) is 6.92 Å². The predicted octanol–water partition coefficient (Wildman–Crippen LogP) is 2.77. The molecule has 0 spiro atoms. The molecule has 1 aromatic carbocycles. The molecule has 2 amide bonds. The summed E-state index contributed by atoms with van der Waals surface area (Å²) in [5.74, 6) is -0.231. The van der Waals surface area contributed by atoms with Crippen molar-refractivity contribution < 1.29 is 19.4 Å². The lowest BCUT2D eigenvalue weighted by molar-refractivity contribution is -0.137. The van der Waals surface area contributed by atoms with E-state index < -0.39 is 5.97 Å². The maximum atomic E-state index is 11.9. The van der Waals surface area contributed by atoms with E-state index in [0.717, 1.165) is 5.56 Å². The third-order valence-corrected chi connectivity index (χ3v) is 3.01. The average Bonchev–Trinajstić information content (AvgIpc) is 2.38. The molecular weight excluding hydrogens is 272 g/mol. The number of ether oxygens (including phenoxy) is 1. The molecule has 0 aliphatic rings. The Morgan fingerprint density at radius 3 is 2.71 bits per heavy atom. The largest absolute Gasteiger partial charge is 0.495 e. The van der Waals surface area contributed by atoms with Crippen LogP contribution in [0.3, 0.4) is 0 Å². The summed E-state index contributed by atoms with van der Waals surface area (Å²) in [4.78, 5) is 22.3. The van der Waals surface area contributed by atoms with E-state index in [1.54, 1.807) is 13.2 Å². The quantitative estimate of drug-likeness (QED) is 0.721. The molecule has 6 heteroatoms. The third kappa shape index (κ3) is 6.16. The Hall–Kier alpha value is -2.24. The maximum absolute atomic E-state index is 11.9. The van der Waals surface area contributed by atoms with Crippen LogP contribution in [0.25, 0.3) is 0 Å². The number of anilines is 1. The number of amides is 2. The molecule has 3 N–H and O–H groups in total. The van der Waals surface area contributed by atoms with Gasteiger partial charge < -0.3 is 20.5 Å². The molecular formula is C15H22N2O4. The van der Waals surface area contributed by atoms with Crippen LogP contribution in [0.15, 0.2) is 18.2 Å². The minimum atomic E-state index is -0.823. The number of urea groups is 1. The minimum absolute atomic E-state index is 0.0971. The Morgan fingerprint density at radius 2 is 2.10 bits per heavy atom. The van der Waals surface area contributed by atoms with Gasteiger partial charge in [0.25, 0.3) is 0 Å². The highest BCUT2D eigenvalue weighted by atomic mass is 16.5. The standard InChI is InChI=1S/C15H22N2O4/c1-10-7-8-13(21-3)12(9-10)17-15(20)16-11(2)5-4-6-14(18)19/h7-9,11H,4-6H2,1-3H3,(H,18,19)(H2,16,17,20). The van der Waals surface area contributed by atoms with Crippen molar-refractivity contribution in [3.05, 3.63) is 23.8 Å². The van der Waals surface area contributed by atoms with Crippen molar-refractivity contribution in [1.82, 2.24) is 5.32 Å². The average molecular weight is 294 g/mol. The van der Waals surface area contributed by atoms with Crippen LogP contribution in [0.1, 0.15) is 31.7 Å². The van der Waals surface area contributed by atoms with Crippen LogP contribution in [0.2, 0.25) is 0 Å². The molecule has 0 heterocycles. The molecule has 0 aromatic heterocycles. The topological polar surface area (TPSA) is 87.7 Å². The lowest BCUT2D eigenvalue weighted by atomic mass is 10.1.